The number of hydrogen-bond acceptors (Lipinski definition) is 6. The third kappa shape index (κ3) is 4.49. The predicted octanol–water partition coefficient (Wildman–Crippen LogP) is 5.05. The Morgan fingerprint density at radius 1 is 1.06 bits per heavy atom. The van der Waals surface area contributed by atoms with Crippen LogP contribution >= 0.6 is 27.5 Å². The Balaban J connectivity index is 1.46. The van der Waals surface area contributed by atoms with E-state index in [1.54, 1.807) is 6.20 Å². The number of fused-ring (bicyclic) bond motifs is 1. The molecule has 0 amide bonds. The number of hydrogen-bond donors (Lipinski definition) is 1. The summed E-state index contributed by atoms with van der Waals surface area (Å²) in [7, 11) is 0. The second kappa shape index (κ2) is 9.37. The van der Waals surface area contributed by atoms with Crippen LogP contribution in [0, 0.1) is 0 Å². The minimum atomic E-state index is 0.164. The highest BCUT2D eigenvalue weighted by molar-refractivity contribution is 9.10. The summed E-state index contributed by atoms with van der Waals surface area (Å²) < 4.78 is 3.02. The van der Waals surface area contributed by atoms with Gasteiger partial charge in [0.05, 0.1) is 35.2 Å². The van der Waals surface area contributed by atoms with Gasteiger partial charge < -0.3 is 15.1 Å². The molecule has 1 fully saturated rings. The van der Waals surface area contributed by atoms with Crippen molar-refractivity contribution in [2.24, 2.45) is 0 Å². The minimum Gasteiger partial charge on any atom is -0.348 e. The molecule has 32 heavy (non-hydrogen) atoms. The normalized spacial score (nSPS) is 18.7. The molecule has 2 aliphatic heterocycles. The third-order valence-electron chi connectivity index (χ3n) is 6.38. The van der Waals surface area contributed by atoms with Crippen LogP contribution in [0.5, 0.6) is 0 Å². The van der Waals surface area contributed by atoms with Gasteiger partial charge in [-0.15, -0.1) is 0 Å². The SMILES string of the molecule is CC1c2c(c(Nc3ccc(Br)nc3)nn2CCN2CCCC2)CCN1c1ccc(Cl)cn1. The molecule has 1 N–H and O–H groups in total. The number of nitrogens with zero attached hydrogens (tertiary/aromatic N) is 6. The Bertz CT molecular complexity index is 1060. The fraction of sp³-hybridized carbons (Fsp3) is 0.435. The summed E-state index contributed by atoms with van der Waals surface area (Å²) in [5.41, 5.74) is 3.49. The second-order valence-electron chi connectivity index (χ2n) is 8.43. The van der Waals surface area contributed by atoms with Crippen LogP contribution in [0.25, 0.3) is 0 Å². The van der Waals surface area contributed by atoms with Crippen molar-refractivity contribution in [1.82, 2.24) is 24.6 Å². The lowest BCUT2D eigenvalue weighted by atomic mass is 9.99. The van der Waals surface area contributed by atoms with Crippen LogP contribution in [-0.2, 0) is 13.0 Å². The molecule has 1 saturated heterocycles. The quantitative estimate of drug-likeness (QED) is 0.463. The highest BCUT2D eigenvalue weighted by atomic mass is 79.9. The number of anilines is 3. The first kappa shape index (κ1) is 21.7. The van der Waals surface area contributed by atoms with Crippen LogP contribution in [0.4, 0.5) is 17.3 Å². The highest BCUT2D eigenvalue weighted by Crippen LogP contribution is 2.37. The summed E-state index contributed by atoms with van der Waals surface area (Å²) in [6.07, 6.45) is 7.05. The average molecular weight is 517 g/mol. The second-order valence-corrected chi connectivity index (χ2v) is 9.68. The van der Waals surface area contributed by atoms with Crippen molar-refractivity contribution in [2.75, 3.05) is 36.4 Å². The van der Waals surface area contributed by atoms with Gasteiger partial charge in [0.15, 0.2) is 5.82 Å². The zero-order valence-corrected chi connectivity index (χ0v) is 20.5. The summed E-state index contributed by atoms with van der Waals surface area (Å²) in [5.74, 6) is 1.88. The minimum absolute atomic E-state index is 0.164. The van der Waals surface area contributed by atoms with Crippen LogP contribution in [0.2, 0.25) is 5.02 Å². The first-order chi connectivity index (χ1) is 15.6. The Labute approximate surface area is 201 Å². The molecular formula is C23H27BrClN7. The molecule has 0 radical (unpaired) electrons. The van der Waals surface area contributed by atoms with Gasteiger partial charge in [-0.05, 0) is 79.5 Å². The van der Waals surface area contributed by atoms with Crippen LogP contribution < -0.4 is 10.2 Å². The van der Waals surface area contributed by atoms with Crippen molar-refractivity contribution in [2.45, 2.75) is 38.8 Å². The summed E-state index contributed by atoms with van der Waals surface area (Å²) in [6.45, 7) is 7.42. The molecular weight excluding hydrogens is 490 g/mol. The van der Waals surface area contributed by atoms with Crippen LogP contribution in [-0.4, -0.2) is 50.8 Å². The van der Waals surface area contributed by atoms with Gasteiger partial charge >= 0.3 is 0 Å². The van der Waals surface area contributed by atoms with E-state index in [2.05, 4.69) is 52.6 Å². The molecule has 5 rings (SSSR count). The summed E-state index contributed by atoms with van der Waals surface area (Å²) in [5, 5.41) is 9.20. The first-order valence-electron chi connectivity index (χ1n) is 11.2. The maximum absolute atomic E-state index is 6.07. The Hall–Kier alpha value is -2.16. The maximum Gasteiger partial charge on any atom is 0.156 e. The molecule has 3 aromatic heterocycles. The summed E-state index contributed by atoms with van der Waals surface area (Å²) in [6, 6.07) is 8.03. The summed E-state index contributed by atoms with van der Waals surface area (Å²) >= 11 is 9.48. The van der Waals surface area contributed by atoms with E-state index in [0.717, 1.165) is 48.0 Å². The predicted molar refractivity (Wildman–Crippen MR) is 132 cm³/mol. The largest absolute Gasteiger partial charge is 0.348 e. The Kier molecular flexibility index (Phi) is 6.35. The Morgan fingerprint density at radius 2 is 1.91 bits per heavy atom. The topological polar surface area (TPSA) is 62.1 Å². The van der Waals surface area contributed by atoms with Crippen molar-refractivity contribution in [3.05, 3.63) is 57.5 Å². The zero-order chi connectivity index (χ0) is 22.1. The molecule has 3 aromatic rings. The zero-order valence-electron chi connectivity index (χ0n) is 18.1. The van der Waals surface area contributed by atoms with Crippen molar-refractivity contribution < 1.29 is 0 Å². The molecule has 0 spiro atoms. The molecule has 2 aliphatic rings. The van der Waals surface area contributed by atoms with E-state index in [1.807, 2.05) is 30.5 Å². The van der Waals surface area contributed by atoms with Crippen molar-refractivity contribution in [3.63, 3.8) is 0 Å². The number of halogens is 2. The van der Waals surface area contributed by atoms with Gasteiger partial charge in [0.25, 0.3) is 0 Å². The molecule has 5 heterocycles. The van der Waals surface area contributed by atoms with E-state index in [1.165, 1.54) is 37.2 Å². The highest BCUT2D eigenvalue weighted by Gasteiger charge is 2.32. The fourth-order valence-corrected chi connectivity index (χ4v) is 5.10. The van der Waals surface area contributed by atoms with E-state index in [9.17, 15) is 0 Å². The van der Waals surface area contributed by atoms with Gasteiger partial charge in [-0.2, -0.15) is 5.10 Å². The lowest BCUT2D eigenvalue weighted by Gasteiger charge is -2.35. The molecule has 1 unspecified atom stereocenters. The number of nitrogens with one attached hydrogen (secondary N) is 1. The number of rotatable bonds is 6. The number of pyridine rings is 2. The van der Waals surface area contributed by atoms with Crippen LogP contribution in [0.15, 0.2) is 41.3 Å². The molecule has 9 heteroatoms. The van der Waals surface area contributed by atoms with Crippen LogP contribution in [0.3, 0.4) is 0 Å². The molecule has 0 saturated carbocycles. The van der Waals surface area contributed by atoms with Crippen molar-refractivity contribution in [1.29, 1.82) is 0 Å². The van der Waals surface area contributed by atoms with E-state index in [-0.39, 0.29) is 6.04 Å². The van der Waals surface area contributed by atoms with E-state index in [0.29, 0.717) is 5.02 Å². The summed E-state index contributed by atoms with van der Waals surface area (Å²) in [4.78, 5) is 13.8. The van der Waals surface area contributed by atoms with Gasteiger partial charge in [0, 0.05) is 24.8 Å². The smallest absolute Gasteiger partial charge is 0.156 e. The fourth-order valence-electron chi connectivity index (χ4n) is 4.75. The van der Waals surface area contributed by atoms with Gasteiger partial charge in [-0.3, -0.25) is 4.68 Å². The number of likely N-dealkylation sites (tertiary alicyclic amines) is 1. The van der Waals surface area contributed by atoms with Gasteiger partial charge in [0.1, 0.15) is 10.4 Å². The number of aromatic nitrogens is 4. The lowest BCUT2D eigenvalue weighted by Crippen LogP contribution is -2.36. The van der Waals surface area contributed by atoms with E-state index >= 15 is 0 Å². The third-order valence-corrected chi connectivity index (χ3v) is 7.08. The molecule has 7 nitrogen and oxygen atoms in total. The van der Waals surface area contributed by atoms with Gasteiger partial charge in [-0.1, -0.05) is 11.6 Å². The standard InChI is InChI=1S/C23H27BrClN7/c1-16-22-19(8-11-31(16)21-7-4-17(25)14-27-21)23(28-18-5-6-20(24)26-15-18)29-32(22)13-12-30-9-2-3-10-30/h4-7,14-16H,2-3,8-13H2,1H3,(H,28,29). The average Bonchev–Trinajstić information content (AvgIpc) is 3.43. The van der Waals surface area contributed by atoms with Crippen LogP contribution in [0.1, 0.15) is 37.1 Å². The molecule has 0 aliphatic carbocycles. The monoisotopic (exact) mass is 515 g/mol. The van der Waals surface area contributed by atoms with Gasteiger partial charge in [0.2, 0.25) is 0 Å². The molecule has 0 aromatic carbocycles. The lowest BCUT2D eigenvalue weighted by molar-refractivity contribution is 0.311. The molecule has 168 valence electrons. The van der Waals surface area contributed by atoms with E-state index < -0.39 is 0 Å². The van der Waals surface area contributed by atoms with Gasteiger partial charge in [-0.25, -0.2) is 9.97 Å². The van der Waals surface area contributed by atoms with Crippen molar-refractivity contribution >= 4 is 44.9 Å². The Morgan fingerprint density at radius 3 is 2.62 bits per heavy atom. The maximum atomic E-state index is 6.07. The van der Waals surface area contributed by atoms with Crippen molar-refractivity contribution in [3.8, 4) is 0 Å². The van der Waals surface area contributed by atoms with E-state index in [4.69, 9.17) is 16.7 Å². The first-order valence-corrected chi connectivity index (χ1v) is 12.3. The molecule has 0 bridgehead atoms. The molecule has 1 atom stereocenters.